The van der Waals surface area contributed by atoms with Crippen LogP contribution in [0.3, 0.4) is 0 Å². The molecule has 3 aliphatic rings. The number of hydrogen-bond acceptors (Lipinski definition) is 6. The van der Waals surface area contributed by atoms with E-state index in [0.29, 0.717) is 0 Å². The Hall–Kier alpha value is -2.19. The zero-order valence-electron chi connectivity index (χ0n) is 14.1. The number of rotatable bonds is 4. The number of esters is 1. The van der Waals surface area contributed by atoms with Crippen LogP contribution in [0.5, 0.6) is 0 Å². The summed E-state index contributed by atoms with van der Waals surface area (Å²) in [5.74, 6) is -2.25. The first-order valence-electron chi connectivity index (χ1n) is 7.76. The molecule has 4 rings (SSSR count). The number of piperidine rings is 1. The van der Waals surface area contributed by atoms with Crippen LogP contribution < -0.4 is 0 Å². The third-order valence-corrected chi connectivity index (χ3v) is 6.62. The Morgan fingerprint density at radius 3 is 2.44 bits per heavy atom. The van der Waals surface area contributed by atoms with E-state index in [2.05, 4.69) is 0 Å². The second-order valence-corrected chi connectivity index (χ2v) is 7.97. The van der Waals surface area contributed by atoms with Gasteiger partial charge in [0.1, 0.15) is 5.92 Å². The molecule has 0 N–H and O–H groups in total. The summed E-state index contributed by atoms with van der Waals surface area (Å²) in [5.41, 5.74) is -0.760. The van der Waals surface area contributed by atoms with Gasteiger partial charge >= 0.3 is 5.97 Å². The number of sulfonamides is 1. The van der Waals surface area contributed by atoms with Gasteiger partial charge in [-0.05, 0) is 31.6 Å². The molecule has 0 saturated carbocycles. The van der Waals surface area contributed by atoms with E-state index in [4.69, 9.17) is 9.47 Å². The third kappa shape index (κ3) is 2.47. The second kappa shape index (κ2) is 5.96. The molecule has 1 aromatic rings. The summed E-state index contributed by atoms with van der Waals surface area (Å²) < 4.78 is 36.9. The fraction of sp³-hybridized carbons (Fsp3) is 0.412. The highest BCUT2D eigenvalue weighted by atomic mass is 32.2. The van der Waals surface area contributed by atoms with Gasteiger partial charge in [0.2, 0.25) is 0 Å². The van der Waals surface area contributed by atoms with Crippen LogP contribution in [0.15, 0.2) is 41.3 Å². The Balaban J connectivity index is 2.07. The first kappa shape index (κ1) is 17.6. The number of aryl methyl sites for hydroxylation is 1. The Kier molecular flexibility index (Phi) is 4.20. The van der Waals surface area contributed by atoms with E-state index in [9.17, 15) is 18.0 Å². The van der Waals surface area contributed by atoms with Gasteiger partial charge in [0.05, 0.1) is 18.0 Å². The van der Waals surface area contributed by atoms with E-state index in [1.165, 1.54) is 32.4 Å². The van der Waals surface area contributed by atoms with Gasteiger partial charge < -0.3 is 9.47 Å². The molecule has 1 aromatic carbocycles. The largest absolute Gasteiger partial charge is 0.469 e. The maximum atomic E-state index is 13.0. The summed E-state index contributed by atoms with van der Waals surface area (Å²) in [4.78, 5) is 25.1. The molecule has 3 atom stereocenters. The Labute approximate surface area is 146 Å². The van der Waals surface area contributed by atoms with Crippen molar-refractivity contribution in [2.75, 3.05) is 14.2 Å². The summed E-state index contributed by atoms with van der Waals surface area (Å²) >= 11 is 0. The molecule has 134 valence electrons. The molecule has 1 fully saturated rings. The van der Waals surface area contributed by atoms with Gasteiger partial charge in [-0.25, -0.2) is 12.7 Å². The molecular weight excluding hydrogens is 346 g/mol. The molecule has 0 aromatic heterocycles. The number of nitrogens with zero attached hydrogens (tertiary/aromatic N) is 1. The smallest absolute Gasteiger partial charge is 0.312 e. The molecule has 2 bridgehead atoms. The van der Waals surface area contributed by atoms with Crippen molar-refractivity contribution in [2.24, 2.45) is 5.92 Å². The molecule has 2 aliphatic heterocycles. The van der Waals surface area contributed by atoms with Crippen molar-refractivity contribution in [1.29, 1.82) is 0 Å². The SMILES string of the molecule is COC(=O)[C@H]1C[C@H]2C=C[C@]1(OC)C(=O)N2S(=O)(=O)c1ccc(C)cc1. The minimum atomic E-state index is -4.06. The molecule has 1 saturated heterocycles. The van der Waals surface area contributed by atoms with Crippen LogP contribution >= 0.6 is 0 Å². The summed E-state index contributed by atoms with van der Waals surface area (Å²) in [6.07, 6.45) is 3.18. The zero-order chi connectivity index (χ0) is 18.4. The van der Waals surface area contributed by atoms with Crippen molar-refractivity contribution < 1.29 is 27.5 Å². The predicted octanol–water partition coefficient (Wildman–Crippen LogP) is 1.03. The normalized spacial score (nSPS) is 28.3. The first-order valence-corrected chi connectivity index (χ1v) is 9.20. The van der Waals surface area contributed by atoms with Crippen molar-refractivity contribution in [3.05, 3.63) is 42.0 Å². The Morgan fingerprint density at radius 2 is 1.88 bits per heavy atom. The molecule has 2 heterocycles. The molecule has 8 heteroatoms. The lowest BCUT2D eigenvalue weighted by Gasteiger charge is -2.49. The van der Waals surface area contributed by atoms with Crippen molar-refractivity contribution in [2.45, 2.75) is 29.9 Å². The van der Waals surface area contributed by atoms with E-state index < -0.39 is 39.5 Å². The molecular formula is C17H19NO6S. The van der Waals surface area contributed by atoms with Crippen molar-refractivity contribution in [3.63, 3.8) is 0 Å². The number of methoxy groups -OCH3 is 2. The maximum Gasteiger partial charge on any atom is 0.312 e. The lowest BCUT2D eigenvalue weighted by molar-refractivity contribution is -0.175. The van der Waals surface area contributed by atoms with Crippen LogP contribution in [0.2, 0.25) is 0 Å². The highest BCUT2D eigenvalue weighted by Gasteiger charge is 2.61. The lowest BCUT2D eigenvalue weighted by Crippen LogP contribution is -2.67. The Bertz CT molecular complexity index is 844. The van der Waals surface area contributed by atoms with Crippen LogP contribution in [0, 0.1) is 12.8 Å². The van der Waals surface area contributed by atoms with E-state index >= 15 is 0 Å². The number of fused-ring (bicyclic) bond motifs is 2. The van der Waals surface area contributed by atoms with Gasteiger partial charge in [0, 0.05) is 7.11 Å². The van der Waals surface area contributed by atoms with Crippen LogP contribution in [0.25, 0.3) is 0 Å². The maximum absolute atomic E-state index is 13.0. The van der Waals surface area contributed by atoms with Crippen molar-refractivity contribution in [3.8, 4) is 0 Å². The molecule has 0 radical (unpaired) electrons. The van der Waals surface area contributed by atoms with Gasteiger partial charge in [-0.3, -0.25) is 9.59 Å². The quantitative estimate of drug-likeness (QED) is 0.585. The predicted molar refractivity (Wildman–Crippen MR) is 88.0 cm³/mol. The minimum Gasteiger partial charge on any atom is -0.469 e. The van der Waals surface area contributed by atoms with Gasteiger partial charge in [0.25, 0.3) is 15.9 Å². The minimum absolute atomic E-state index is 0.0215. The molecule has 0 spiro atoms. The molecule has 25 heavy (non-hydrogen) atoms. The van der Waals surface area contributed by atoms with Gasteiger partial charge in [-0.15, -0.1) is 0 Å². The van der Waals surface area contributed by atoms with Crippen LogP contribution in [-0.4, -0.2) is 50.5 Å². The number of carbonyl (C=O) groups is 2. The summed E-state index contributed by atoms with van der Waals surface area (Å²) in [7, 11) is -1.56. The zero-order valence-corrected chi connectivity index (χ0v) is 14.9. The summed E-state index contributed by atoms with van der Waals surface area (Å²) in [6, 6.07) is 5.50. The van der Waals surface area contributed by atoms with Gasteiger partial charge in [-0.1, -0.05) is 23.8 Å². The molecule has 7 nitrogen and oxygen atoms in total. The summed E-state index contributed by atoms with van der Waals surface area (Å²) in [5, 5.41) is 0. The van der Waals surface area contributed by atoms with Crippen LogP contribution in [-0.2, 0) is 29.1 Å². The standard InChI is InChI=1S/C17H19NO6S/c1-11-4-6-13(7-5-11)25(21,22)18-12-8-9-17(24-3,16(18)20)14(10-12)15(19)23-2/h4-9,12,14H,10H2,1-3H3/t12-,14-,17-/m1/s1. The van der Waals surface area contributed by atoms with Crippen molar-refractivity contribution >= 4 is 21.9 Å². The average molecular weight is 365 g/mol. The summed E-state index contributed by atoms with van der Waals surface area (Å²) in [6.45, 7) is 1.84. The highest BCUT2D eigenvalue weighted by molar-refractivity contribution is 7.89. The second-order valence-electron chi connectivity index (χ2n) is 6.15. The van der Waals surface area contributed by atoms with E-state index in [1.54, 1.807) is 18.2 Å². The number of carbonyl (C=O) groups excluding carboxylic acids is 2. The lowest BCUT2D eigenvalue weighted by atomic mass is 9.73. The van der Waals surface area contributed by atoms with Gasteiger partial charge in [0.15, 0.2) is 5.60 Å². The fourth-order valence-electron chi connectivity index (χ4n) is 3.40. The van der Waals surface area contributed by atoms with Crippen LogP contribution in [0.1, 0.15) is 12.0 Å². The number of hydrogen-bond donors (Lipinski definition) is 0. The first-order chi connectivity index (χ1) is 11.8. The molecule has 1 amide bonds. The van der Waals surface area contributed by atoms with Crippen molar-refractivity contribution in [1.82, 2.24) is 4.31 Å². The van der Waals surface area contributed by atoms with E-state index in [0.717, 1.165) is 9.87 Å². The highest BCUT2D eigenvalue weighted by Crippen LogP contribution is 2.44. The number of benzene rings is 1. The number of ether oxygens (including phenoxy) is 2. The Morgan fingerprint density at radius 1 is 1.24 bits per heavy atom. The number of amides is 1. The molecule has 1 aliphatic carbocycles. The average Bonchev–Trinajstić information content (AvgIpc) is 2.61. The monoisotopic (exact) mass is 365 g/mol. The van der Waals surface area contributed by atoms with Crippen LogP contribution in [0.4, 0.5) is 0 Å². The topological polar surface area (TPSA) is 90.0 Å². The van der Waals surface area contributed by atoms with E-state index in [-0.39, 0.29) is 11.3 Å². The van der Waals surface area contributed by atoms with E-state index in [1.807, 2.05) is 6.92 Å². The third-order valence-electron chi connectivity index (χ3n) is 4.80. The molecule has 0 unspecified atom stereocenters. The fourth-order valence-corrected chi connectivity index (χ4v) is 4.99. The van der Waals surface area contributed by atoms with Gasteiger partial charge in [-0.2, -0.15) is 0 Å².